The first-order chi connectivity index (χ1) is 8.79. The molecule has 0 aliphatic heterocycles. The van der Waals surface area contributed by atoms with Crippen molar-refractivity contribution >= 4 is 5.95 Å². The normalized spacial score (nSPS) is 14.6. The topological polar surface area (TPSA) is 50.3 Å². The van der Waals surface area contributed by atoms with Crippen molar-refractivity contribution in [3.63, 3.8) is 0 Å². The molecule has 1 saturated carbocycles. The standard InChI is InChI=1S/C13H22N4O/c1-3-10-18-12-6-7-15-13(16-12)17(2)9-8-14-11-4-5-11/h6-7,11,14H,3-5,8-10H2,1-2H3. The third-order valence-corrected chi connectivity index (χ3v) is 2.87. The highest BCUT2D eigenvalue weighted by Crippen LogP contribution is 2.18. The van der Waals surface area contributed by atoms with Gasteiger partial charge < -0.3 is 15.0 Å². The van der Waals surface area contributed by atoms with Gasteiger partial charge in [0, 0.05) is 38.4 Å². The van der Waals surface area contributed by atoms with E-state index in [0.29, 0.717) is 12.5 Å². The zero-order chi connectivity index (χ0) is 12.8. The van der Waals surface area contributed by atoms with Crippen LogP contribution in [0.3, 0.4) is 0 Å². The number of hydrogen-bond donors (Lipinski definition) is 1. The zero-order valence-corrected chi connectivity index (χ0v) is 11.2. The summed E-state index contributed by atoms with van der Waals surface area (Å²) >= 11 is 0. The molecule has 1 fully saturated rings. The number of nitrogens with zero attached hydrogens (tertiary/aromatic N) is 3. The summed E-state index contributed by atoms with van der Waals surface area (Å²) in [4.78, 5) is 10.7. The number of rotatable bonds is 8. The van der Waals surface area contributed by atoms with Crippen LogP contribution in [0.4, 0.5) is 5.95 Å². The molecule has 0 amide bonds. The molecule has 5 heteroatoms. The molecule has 0 atom stereocenters. The van der Waals surface area contributed by atoms with E-state index in [0.717, 1.165) is 31.5 Å². The second-order valence-electron chi connectivity index (χ2n) is 4.69. The van der Waals surface area contributed by atoms with Gasteiger partial charge in [0.2, 0.25) is 11.8 Å². The highest BCUT2D eigenvalue weighted by Gasteiger charge is 2.20. The minimum atomic E-state index is 0.656. The van der Waals surface area contributed by atoms with E-state index in [1.807, 2.05) is 11.9 Å². The molecular weight excluding hydrogens is 228 g/mol. The van der Waals surface area contributed by atoms with Crippen LogP contribution in [-0.4, -0.2) is 42.8 Å². The van der Waals surface area contributed by atoms with Gasteiger partial charge in [0.25, 0.3) is 0 Å². The number of likely N-dealkylation sites (N-methyl/N-ethyl adjacent to an activating group) is 1. The SMILES string of the molecule is CCCOc1ccnc(N(C)CCNC2CC2)n1. The molecule has 5 nitrogen and oxygen atoms in total. The summed E-state index contributed by atoms with van der Waals surface area (Å²) in [7, 11) is 2.01. The number of aromatic nitrogens is 2. The van der Waals surface area contributed by atoms with Crippen molar-refractivity contribution in [2.24, 2.45) is 0 Å². The lowest BCUT2D eigenvalue weighted by Gasteiger charge is -2.17. The predicted octanol–water partition coefficient (Wildman–Crippen LogP) is 1.45. The maximum atomic E-state index is 5.51. The lowest BCUT2D eigenvalue weighted by atomic mass is 10.5. The van der Waals surface area contributed by atoms with Gasteiger partial charge >= 0.3 is 0 Å². The van der Waals surface area contributed by atoms with E-state index in [-0.39, 0.29) is 0 Å². The minimum absolute atomic E-state index is 0.656. The Kier molecular flexibility index (Phi) is 4.75. The monoisotopic (exact) mass is 250 g/mol. The van der Waals surface area contributed by atoms with Crippen molar-refractivity contribution in [1.29, 1.82) is 0 Å². The third kappa shape index (κ3) is 4.14. The first-order valence-corrected chi connectivity index (χ1v) is 6.70. The van der Waals surface area contributed by atoms with Crippen molar-refractivity contribution in [1.82, 2.24) is 15.3 Å². The van der Waals surface area contributed by atoms with E-state index >= 15 is 0 Å². The fraction of sp³-hybridized carbons (Fsp3) is 0.692. The summed E-state index contributed by atoms with van der Waals surface area (Å²) in [5, 5.41) is 3.48. The molecule has 0 saturated heterocycles. The number of nitrogens with one attached hydrogen (secondary N) is 1. The van der Waals surface area contributed by atoms with Crippen LogP contribution in [-0.2, 0) is 0 Å². The van der Waals surface area contributed by atoms with E-state index in [2.05, 4.69) is 22.2 Å². The van der Waals surface area contributed by atoms with Crippen molar-refractivity contribution in [2.45, 2.75) is 32.2 Å². The molecule has 1 aromatic rings. The third-order valence-electron chi connectivity index (χ3n) is 2.87. The second kappa shape index (κ2) is 6.54. The average molecular weight is 250 g/mol. The summed E-state index contributed by atoms with van der Waals surface area (Å²) in [5.74, 6) is 1.38. The van der Waals surface area contributed by atoms with Crippen LogP contribution in [0.25, 0.3) is 0 Å². The molecule has 0 spiro atoms. The summed E-state index contributed by atoms with van der Waals surface area (Å²) in [6, 6.07) is 2.55. The smallest absolute Gasteiger partial charge is 0.228 e. The van der Waals surface area contributed by atoms with Crippen molar-refractivity contribution in [2.75, 3.05) is 31.6 Å². The molecular formula is C13H22N4O. The molecule has 1 N–H and O–H groups in total. The molecule has 1 heterocycles. The zero-order valence-electron chi connectivity index (χ0n) is 11.2. The van der Waals surface area contributed by atoms with Crippen LogP contribution in [0.1, 0.15) is 26.2 Å². The van der Waals surface area contributed by atoms with Crippen LogP contribution < -0.4 is 15.0 Å². The van der Waals surface area contributed by atoms with Crippen molar-refractivity contribution in [3.8, 4) is 5.88 Å². The fourth-order valence-electron chi connectivity index (χ4n) is 1.63. The van der Waals surface area contributed by atoms with E-state index in [1.54, 1.807) is 12.3 Å². The van der Waals surface area contributed by atoms with Gasteiger partial charge in [-0.2, -0.15) is 4.98 Å². The Labute approximate surface area is 109 Å². The van der Waals surface area contributed by atoms with Gasteiger partial charge in [0.15, 0.2) is 0 Å². The highest BCUT2D eigenvalue weighted by molar-refractivity contribution is 5.30. The van der Waals surface area contributed by atoms with E-state index in [9.17, 15) is 0 Å². The van der Waals surface area contributed by atoms with E-state index in [1.165, 1.54) is 12.8 Å². The van der Waals surface area contributed by atoms with Gasteiger partial charge in [0.1, 0.15) is 0 Å². The summed E-state index contributed by atoms with van der Waals surface area (Å²) in [6.07, 6.45) is 5.37. The number of ether oxygens (including phenoxy) is 1. The first kappa shape index (κ1) is 13.1. The Hall–Kier alpha value is -1.36. The Morgan fingerprint density at radius 2 is 2.33 bits per heavy atom. The van der Waals surface area contributed by atoms with Crippen LogP contribution in [0.2, 0.25) is 0 Å². The lowest BCUT2D eigenvalue weighted by molar-refractivity contribution is 0.305. The van der Waals surface area contributed by atoms with Crippen LogP contribution in [0, 0.1) is 0 Å². The maximum absolute atomic E-state index is 5.51. The number of hydrogen-bond acceptors (Lipinski definition) is 5. The number of anilines is 1. The van der Waals surface area contributed by atoms with Crippen LogP contribution in [0.5, 0.6) is 5.88 Å². The van der Waals surface area contributed by atoms with Crippen molar-refractivity contribution in [3.05, 3.63) is 12.3 Å². The summed E-state index contributed by atoms with van der Waals surface area (Å²) < 4.78 is 5.51. The Morgan fingerprint density at radius 1 is 1.50 bits per heavy atom. The Bertz CT molecular complexity index is 368. The van der Waals surface area contributed by atoms with E-state index in [4.69, 9.17) is 4.74 Å². The molecule has 0 aromatic carbocycles. The second-order valence-corrected chi connectivity index (χ2v) is 4.69. The molecule has 0 radical (unpaired) electrons. The van der Waals surface area contributed by atoms with Gasteiger partial charge in [-0.05, 0) is 19.3 Å². The quantitative estimate of drug-likeness (QED) is 0.757. The highest BCUT2D eigenvalue weighted by atomic mass is 16.5. The van der Waals surface area contributed by atoms with Gasteiger partial charge in [-0.1, -0.05) is 6.92 Å². The fourth-order valence-corrected chi connectivity index (χ4v) is 1.63. The van der Waals surface area contributed by atoms with Crippen LogP contribution in [0.15, 0.2) is 12.3 Å². The van der Waals surface area contributed by atoms with Gasteiger partial charge in [-0.3, -0.25) is 0 Å². The average Bonchev–Trinajstić information content (AvgIpc) is 3.20. The summed E-state index contributed by atoms with van der Waals surface area (Å²) in [5.41, 5.74) is 0. The molecule has 100 valence electrons. The Balaban J connectivity index is 1.81. The molecule has 18 heavy (non-hydrogen) atoms. The molecule has 1 aromatic heterocycles. The Morgan fingerprint density at radius 3 is 3.06 bits per heavy atom. The first-order valence-electron chi connectivity index (χ1n) is 6.70. The molecule has 1 aliphatic rings. The van der Waals surface area contributed by atoms with Gasteiger partial charge in [0.05, 0.1) is 6.61 Å². The van der Waals surface area contributed by atoms with Gasteiger partial charge in [-0.25, -0.2) is 4.98 Å². The molecule has 2 rings (SSSR count). The molecule has 0 unspecified atom stereocenters. The van der Waals surface area contributed by atoms with E-state index < -0.39 is 0 Å². The summed E-state index contributed by atoms with van der Waals surface area (Å²) in [6.45, 7) is 4.67. The van der Waals surface area contributed by atoms with Crippen LogP contribution >= 0.6 is 0 Å². The maximum Gasteiger partial charge on any atom is 0.228 e. The molecule has 1 aliphatic carbocycles. The predicted molar refractivity (Wildman–Crippen MR) is 72.1 cm³/mol. The van der Waals surface area contributed by atoms with Crippen molar-refractivity contribution < 1.29 is 4.74 Å². The minimum Gasteiger partial charge on any atom is -0.478 e. The lowest BCUT2D eigenvalue weighted by Crippen LogP contribution is -2.31. The largest absolute Gasteiger partial charge is 0.478 e. The molecule has 0 bridgehead atoms. The van der Waals surface area contributed by atoms with Gasteiger partial charge in [-0.15, -0.1) is 0 Å².